The molecule has 1 aliphatic rings. The van der Waals surface area contributed by atoms with Crippen molar-refractivity contribution in [1.29, 1.82) is 0 Å². The van der Waals surface area contributed by atoms with Crippen LogP contribution in [-0.4, -0.2) is 37.2 Å². The van der Waals surface area contributed by atoms with E-state index in [0.29, 0.717) is 6.42 Å². The first-order valence-corrected chi connectivity index (χ1v) is 9.01. The van der Waals surface area contributed by atoms with Crippen LogP contribution in [0.25, 0.3) is 0 Å². The van der Waals surface area contributed by atoms with Gasteiger partial charge in [-0.2, -0.15) is 0 Å². The minimum absolute atomic E-state index is 0.209. The summed E-state index contributed by atoms with van der Waals surface area (Å²) in [4.78, 5) is 36.9. The fourth-order valence-corrected chi connectivity index (χ4v) is 2.87. The van der Waals surface area contributed by atoms with Crippen LogP contribution in [0.5, 0.6) is 0 Å². The Hall–Kier alpha value is -2.83. The van der Waals surface area contributed by atoms with Gasteiger partial charge in [0.2, 0.25) is 0 Å². The van der Waals surface area contributed by atoms with Gasteiger partial charge >= 0.3 is 18.0 Å². The van der Waals surface area contributed by atoms with Crippen LogP contribution in [0.1, 0.15) is 39.7 Å². The molecule has 0 saturated carbocycles. The number of carbonyl (C=O) groups is 3. The first-order chi connectivity index (χ1) is 12.8. The number of amides is 2. The van der Waals surface area contributed by atoms with E-state index >= 15 is 0 Å². The molecule has 0 bridgehead atoms. The summed E-state index contributed by atoms with van der Waals surface area (Å²) in [5, 5.41) is 5.25. The van der Waals surface area contributed by atoms with E-state index in [9.17, 15) is 14.4 Å². The van der Waals surface area contributed by atoms with Gasteiger partial charge in [0.05, 0.1) is 29.3 Å². The van der Waals surface area contributed by atoms with E-state index in [1.54, 1.807) is 20.8 Å². The first kappa shape index (κ1) is 20.5. The second-order valence-corrected chi connectivity index (χ2v) is 6.74. The van der Waals surface area contributed by atoms with Crippen LogP contribution in [0.15, 0.2) is 41.6 Å². The zero-order valence-electron chi connectivity index (χ0n) is 16.1. The Morgan fingerprint density at radius 3 is 2.37 bits per heavy atom. The smallest absolute Gasteiger partial charge is 0.338 e. The molecule has 7 heteroatoms. The molecule has 1 heterocycles. The van der Waals surface area contributed by atoms with Crippen LogP contribution in [0.3, 0.4) is 0 Å². The fourth-order valence-electron chi connectivity index (χ4n) is 2.87. The van der Waals surface area contributed by atoms with Gasteiger partial charge < -0.3 is 20.1 Å². The maximum absolute atomic E-state index is 12.7. The Kier molecular flexibility index (Phi) is 6.60. The molecule has 27 heavy (non-hydrogen) atoms. The zero-order chi connectivity index (χ0) is 20.0. The lowest BCUT2D eigenvalue weighted by molar-refractivity contribution is -0.149. The Balaban J connectivity index is 2.22. The van der Waals surface area contributed by atoms with Gasteiger partial charge in [-0.25, -0.2) is 9.59 Å². The third-order valence-corrected chi connectivity index (χ3v) is 4.50. The summed E-state index contributed by atoms with van der Waals surface area (Å²) in [5.41, 5.74) is 0.480. The highest BCUT2D eigenvalue weighted by molar-refractivity contribution is 5.95. The summed E-state index contributed by atoms with van der Waals surface area (Å²) in [6.07, 6.45) is 0.508. The molecular weight excluding hydrogens is 348 g/mol. The molecule has 2 N–H and O–H groups in total. The summed E-state index contributed by atoms with van der Waals surface area (Å²) in [7, 11) is 0. The van der Waals surface area contributed by atoms with E-state index in [4.69, 9.17) is 9.47 Å². The van der Waals surface area contributed by atoms with Crippen molar-refractivity contribution < 1.29 is 23.9 Å². The molecule has 0 spiro atoms. The van der Waals surface area contributed by atoms with Gasteiger partial charge in [-0.05, 0) is 32.8 Å². The molecule has 0 aromatic heterocycles. The third-order valence-electron chi connectivity index (χ3n) is 4.50. The monoisotopic (exact) mass is 374 g/mol. The van der Waals surface area contributed by atoms with Gasteiger partial charge in [0.25, 0.3) is 0 Å². The number of hydrogen-bond acceptors (Lipinski definition) is 5. The van der Waals surface area contributed by atoms with Gasteiger partial charge in [-0.15, -0.1) is 0 Å². The van der Waals surface area contributed by atoms with Crippen molar-refractivity contribution in [3.05, 3.63) is 47.2 Å². The van der Waals surface area contributed by atoms with E-state index < -0.39 is 29.4 Å². The predicted octanol–water partition coefficient (Wildman–Crippen LogP) is 2.42. The lowest BCUT2D eigenvalue weighted by Gasteiger charge is -2.29. The van der Waals surface area contributed by atoms with Crippen LogP contribution in [0.4, 0.5) is 4.79 Å². The highest BCUT2D eigenvalue weighted by Gasteiger charge is 2.35. The lowest BCUT2D eigenvalue weighted by Crippen LogP contribution is -2.51. The summed E-state index contributed by atoms with van der Waals surface area (Å²) < 4.78 is 10.5. The normalized spacial score (nSPS) is 17.0. The largest absolute Gasteiger partial charge is 0.463 e. The van der Waals surface area contributed by atoms with Crippen LogP contribution in [0.2, 0.25) is 0 Å². The molecule has 0 saturated heterocycles. The van der Waals surface area contributed by atoms with Crippen LogP contribution in [0, 0.1) is 0 Å². The Morgan fingerprint density at radius 1 is 1.11 bits per heavy atom. The summed E-state index contributed by atoms with van der Waals surface area (Å²) in [5.74, 6) is -0.990. The van der Waals surface area contributed by atoms with Gasteiger partial charge in [0.15, 0.2) is 0 Å². The topological polar surface area (TPSA) is 93.7 Å². The van der Waals surface area contributed by atoms with Crippen molar-refractivity contribution in [2.45, 2.75) is 45.6 Å². The Labute approximate surface area is 159 Å². The highest BCUT2D eigenvalue weighted by Crippen LogP contribution is 2.25. The van der Waals surface area contributed by atoms with Crippen molar-refractivity contribution in [3.8, 4) is 0 Å². The molecule has 1 atom stereocenters. The van der Waals surface area contributed by atoms with Crippen molar-refractivity contribution in [2.75, 3.05) is 13.2 Å². The second kappa shape index (κ2) is 8.70. The Morgan fingerprint density at radius 2 is 1.78 bits per heavy atom. The number of hydrogen-bond donors (Lipinski definition) is 2. The van der Waals surface area contributed by atoms with Crippen molar-refractivity contribution in [2.24, 2.45) is 0 Å². The SMILES string of the molecule is CCOC(=O)C1=C(COC(=O)C(C)(C)c2ccccc2)NC(=O)N[C@@H]1CC. The molecule has 0 aliphatic carbocycles. The molecule has 0 radical (unpaired) electrons. The predicted molar refractivity (Wildman–Crippen MR) is 99.8 cm³/mol. The first-order valence-electron chi connectivity index (χ1n) is 9.01. The van der Waals surface area contributed by atoms with Gasteiger partial charge in [0, 0.05) is 0 Å². The number of benzene rings is 1. The number of ether oxygens (including phenoxy) is 2. The maximum Gasteiger partial charge on any atom is 0.338 e. The molecule has 1 aliphatic heterocycles. The summed E-state index contributed by atoms with van der Waals surface area (Å²) in [6.45, 7) is 7.07. The zero-order valence-corrected chi connectivity index (χ0v) is 16.1. The lowest BCUT2D eigenvalue weighted by atomic mass is 9.85. The van der Waals surface area contributed by atoms with Crippen molar-refractivity contribution >= 4 is 18.0 Å². The summed E-state index contributed by atoms with van der Waals surface area (Å²) >= 11 is 0. The average Bonchev–Trinajstić information content (AvgIpc) is 2.66. The highest BCUT2D eigenvalue weighted by atomic mass is 16.5. The van der Waals surface area contributed by atoms with Gasteiger partial charge in [-0.1, -0.05) is 37.3 Å². The Bertz CT molecular complexity index is 740. The maximum atomic E-state index is 12.7. The number of urea groups is 1. The molecule has 146 valence electrons. The van der Waals surface area contributed by atoms with Crippen molar-refractivity contribution in [3.63, 3.8) is 0 Å². The number of rotatable bonds is 7. The van der Waals surface area contributed by atoms with Gasteiger partial charge in [0.1, 0.15) is 6.61 Å². The molecule has 0 unspecified atom stereocenters. The molecule has 1 aromatic rings. The van der Waals surface area contributed by atoms with E-state index in [2.05, 4.69) is 10.6 Å². The standard InChI is InChI=1S/C20H26N2O5/c1-5-14-16(17(23)26-6-2)15(22-19(25)21-14)12-27-18(24)20(3,4)13-10-8-7-9-11-13/h7-11,14H,5-6,12H2,1-4H3,(H2,21,22,25)/t14-/m1/s1. The number of nitrogens with one attached hydrogen (secondary N) is 2. The molecule has 2 amide bonds. The van der Waals surface area contributed by atoms with E-state index in [1.165, 1.54) is 0 Å². The third kappa shape index (κ3) is 4.67. The number of esters is 2. The van der Waals surface area contributed by atoms with Crippen LogP contribution >= 0.6 is 0 Å². The number of carbonyl (C=O) groups excluding carboxylic acids is 3. The molecule has 0 fully saturated rings. The van der Waals surface area contributed by atoms with E-state index in [1.807, 2.05) is 37.3 Å². The quantitative estimate of drug-likeness (QED) is 0.715. The van der Waals surface area contributed by atoms with Crippen LogP contribution < -0.4 is 10.6 Å². The van der Waals surface area contributed by atoms with Crippen molar-refractivity contribution in [1.82, 2.24) is 10.6 Å². The fraction of sp³-hybridized carbons (Fsp3) is 0.450. The molecule has 7 nitrogen and oxygen atoms in total. The molecule has 1 aromatic carbocycles. The van der Waals surface area contributed by atoms with Crippen LogP contribution in [-0.2, 0) is 24.5 Å². The van der Waals surface area contributed by atoms with E-state index in [-0.39, 0.29) is 24.5 Å². The molecule has 2 rings (SSSR count). The summed E-state index contributed by atoms with van der Waals surface area (Å²) in [6, 6.07) is 8.34. The second-order valence-electron chi connectivity index (χ2n) is 6.74. The minimum Gasteiger partial charge on any atom is -0.463 e. The van der Waals surface area contributed by atoms with Gasteiger partial charge in [-0.3, -0.25) is 4.79 Å². The molecular formula is C20H26N2O5. The minimum atomic E-state index is -0.868. The van der Waals surface area contributed by atoms with E-state index in [0.717, 1.165) is 5.56 Å². The average molecular weight is 374 g/mol.